The van der Waals surface area contributed by atoms with Crippen molar-refractivity contribution < 1.29 is 13.2 Å². The van der Waals surface area contributed by atoms with Gasteiger partial charge in [-0.2, -0.15) is 0 Å². The van der Waals surface area contributed by atoms with Crippen LogP contribution < -0.4 is 4.90 Å². The van der Waals surface area contributed by atoms with Gasteiger partial charge in [0, 0.05) is 13.0 Å². The molecule has 3 aromatic rings. The van der Waals surface area contributed by atoms with Crippen LogP contribution in [-0.2, 0) is 14.6 Å². The molecule has 0 aliphatic rings. The SMILES string of the molecule is Cc1ccc(S(=O)(=O)CCCC(=O)N(CCCN(C)C)c2nc3ccccc3s2)cc1. The Labute approximate surface area is 188 Å². The van der Waals surface area contributed by atoms with Crippen molar-refractivity contribution in [3.05, 3.63) is 54.1 Å². The Balaban J connectivity index is 1.68. The lowest BCUT2D eigenvalue weighted by Gasteiger charge is -2.21. The molecule has 3 rings (SSSR count). The first-order chi connectivity index (χ1) is 14.8. The van der Waals surface area contributed by atoms with Gasteiger partial charge in [0.1, 0.15) is 0 Å². The highest BCUT2D eigenvalue weighted by atomic mass is 32.2. The molecule has 8 heteroatoms. The van der Waals surface area contributed by atoms with Crippen LogP contribution in [0.2, 0.25) is 0 Å². The summed E-state index contributed by atoms with van der Waals surface area (Å²) in [7, 11) is 0.597. The molecule has 0 bridgehead atoms. The van der Waals surface area contributed by atoms with Gasteiger partial charge in [0.05, 0.1) is 20.9 Å². The minimum atomic E-state index is -3.40. The van der Waals surface area contributed by atoms with E-state index in [9.17, 15) is 13.2 Å². The van der Waals surface area contributed by atoms with E-state index in [0.29, 0.717) is 16.6 Å². The maximum absolute atomic E-state index is 13.0. The third-order valence-corrected chi connectivity index (χ3v) is 7.86. The Morgan fingerprint density at radius 3 is 2.39 bits per heavy atom. The van der Waals surface area contributed by atoms with E-state index >= 15 is 0 Å². The van der Waals surface area contributed by atoms with Crippen molar-refractivity contribution in [1.82, 2.24) is 9.88 Å². The van der Waals surface area contributed by atoms with Gasteiger partial charge in [0.2, 0.25) is 5.91 Å². The highest BCUT2D eigenvalue weighted by Gasteiger charge is 2.21. The number of benzene rings is 2. The summed E-state index contributed by atoms with van der Waals surface area (Å²) in [5.41, 5.74) is 1.88. The second-order valence-electron chi connectivity index (χ2n) is 7.90. The van der Waals surface area contributed by atoms with Crippen molar-refractivity contribution in [2.24, 2.45) is 0 Å². The zero-order chi connectivity index (χ0) is 22.4. The van der Waals surface area contributed by atoms with Crippen molar-refractivity contribution in [3.8, 4) is 0 Å². The molecule has 0 aliphatic heterocycles. The summed E-state index contributed by atoms with van der Waals surface area (Å²) in [4.78, 5) is 21.8. The summed E-state index contributed by atoms with van der Waals surface area (Å²) >= 11 is 1.49. The molecule has 0 atom stereocenters. The predicted molar refractivity (Wildman–Crippen MR) is 128 cm³/mol. The molecule has 0 radical (unpaired) electrons. The smallest absolute Gasteiger partial charge is 0.228 e. The monoisotopic (exact) mass is 459 g/mol. The number of sulfone groups is 1. The molecule has 0 N–H and O–H groups in total. The van der Waals surface area contributed by atoms with Gasteiger partial charge < -0.3 is 4.90 Å². The molecule has 166 valence electrons. The van der Waals surface area contributed by atoms with Gasteiger partial charge >= 0.3 is 0 Å². The molecule has 1 aromatic heterocycles. The fraction of sp³-hybridized carbons (Fsp3) is 0.391. The molecular formula is C23H29N3O3S2. The number of carbonyl (C=O) groups excluding carboxylic acids is 1. The van der Waals surface area contributed by atoms with E-state index < -0.39 is 9.84 Å². The van der Waals surface area contributed by atoms with E-state index in [1.807, 2.05) is 45.3 Å². The molecule has 0 saturated carbocycles. The van der Waals surface area contributed by atoms with Crippen LogP contribution >= 0.6 is 11.3 Å². The maximum Gasteiger partial charge on any atom is 0.228 e. The van der Waals surface area contributed by atoms with Crippen molar-refractivity contribution in [1.29, 1.82) is 0 Å². The van der Waals surface area contributed by atoms with Gasteiger partial charge in [-0.1, -0.05) is 41.2 Å². The molecular weight excluding hydrogens is 430 g/mol. The van der Waals surface area contributed by atoms with E-state index in [1.165, 1.54) is 11.3 Å². The van der Waals surface area contributed by atoms with Gasteiger partial charge in [-0.05, 0) is 64.7 Å². The lowest BCUT2D eigenvalue weighted by Crippen LogP contribution is -2.33. The van der Waals surface area contributed by atoms with E-state index in [-0.39, 0.29) is 24.5 Å². The van der Waals surface area contributed by atoms with Crippen LogP contribution in [0.1, 0.15) is 24.8 Å². The molecule has 0 spiro atoms. The topological polar surface area (TPSA) is 70.6 Å². The number of nitrogens with zero attached hydrogens (tertiary/aromatic N) is 3. The van der Waals surface area contributed by atoms with Gasteiger partial charge in [-0.25, -0.2) is 13.4 Å². The maximum atomic E-state index is 13.0. The minimum absolute atomic E-state index is 0.0484. The Kier molecular flexibility index (Phi) is 7.80. The first-order valence-electron chi connectivity index (χ1n) is 10.4. The number of carbonyl (C=O) groups is 1. The summed E-state index contributed by atoms with van der Waals surface area (Å²) in [6.45, 7) is 3.33. The van der Waals surface area contributed by atoms with Crippen LogP contribution in [0.25, 0.3) is 10.2 Å². The zero-order valence-electron chi connectivity index (χ0n) is 18.2. The lowest BCUT2D eigenvalue weighted by molar-refractivity contribution is -0.118. The number of hydrogen-bond donors (Lipinski definition) is 0. The van der Waals surface area contributed by atoms with Crippen LogP contribution in [0, 0.1) is 6.92 Å². The van der Waals surface area contributed by atoms with Gasteiger partial charge in [-0.15, -0.1) is 0 Å². The van der Waals surface area contributed by atoms with Crippen LogP contribution in [0.4, 0.5) is 5.13 Å². The highest BCUT2D eigenvalue weighted by molar-refractivity contribution is 7.91. The first kappa shape index (κ1) is 23.4. The molecule has 0 saturated heterocycles. The number of thiazole rings is 1. The van der Waals surface area contributed by atoms with Crippen LogP contribution in [0.5, 0.6) is 0 Å². The number of fused-ring (bicyclic) bond motifs is 1. The standard InChI is InChI=1S/C23H29N3O3S2/c1-18-11-13-19(14-12-18)31(28,29)17-6-10-22(27)26(16-7-15-25(2)3)23-24-20-8-4-5-9-21(20)30-23/h4-5,8-9,11-14H,6-7,10,15-17H2,1-3H3. The molecule has 1 amide bonds. The molecule has 31 heavy (non-hydrogen) atoms. The number of aryl methyl sites for hydroxylation is 1. The summed E-state index contributed by atoms with van der Waals surface area (Å²) < 4.78 is 26.2. The summed E-state index contributed by atoms with van der Waals surface area (Å²) in [5, 5.41) is 0.673. The van der Waals surface area contributed by atoms with E-state index in [2.05, 4.69) is 9.88 Å². The number of amides is 1. The Hall–Kier alpha value is -2.29. The Morgan fingerprint density at radius 2 is 1.71 bits per heavy atom. The Morgan fingerprint density at radius 1 is 1.00 bits per heavy atom. The fourth-order valence-electron chi connectivity index (χ4n) is 3.26. The van der Waals surface area contributed by atoms with Gasteiger partial charge in [-0.3, -0.25) is 9.69 Å². The largest absolute Gasteiger partial charge is 0.309 e. The van der Waals surface area contributed by atoms with Crippen LogP contribution in [0.15, 0.2) is 53.4 Å². The molecule has 2 aromatic carbocycles. The van der Waals surface area contributed by atoms with Crippen molar-refractivity contribution in [2.45, 2.75) is 31.1 Å². The van der Waals surface area contributed by atoms with Crippen LogP contribution in [-0.4, -0.2) is 57.1 Å². The molecule has 0 aliphatic carbocycles. The van der Waals surface area contributed by atoms with Crippen LogP contribution in [0.3, 0.4) is 0 Å². The van der Waals surface area contributed by atoms with E-state index in [1.54, 1.807) is 29.2 Å². The second-order valence-corrected chi connectivity index (χ2v) is 11.0. The molecule has 0 unspecified atom stereocenters. The normalized spacial score (nSPS) is 11.9. The fourth-order valence-corrected chi connectivity index (χ4v) is 5.58. The summed E-state index contributed by atoms with van der Waals surface area (Å²) in [5.74, 6) is -0.135. The number of para-hydroxylation sites is 1. The summed E-state index contributed by atoms with van der Waals surface area (Å²) in [6, 6.07) is 14.6. The third kappa shape index (κ3) is 6.35. The summed E-state index contributed by atoms with van der Waals surface area (Å²) in [6.07, 6.45) is 1.27. The molecule has 0 fully saturated rings. The average molecular weight is 460 g/mol. The molecule has 6 nitrogen and oxygen atoms in total. The zero-order valence-corrected chi connectivity index (χ0v) is 19.9. The quantitative estimate of drug-likeness (QED) is 0.456. The van der Waals surface area contributed by atoms with Gasteiger partial charge in [0.25, 0.3) is 0 Å². The number of anilines is 1. The van der Waals surface area contributed by atoms with E-state index in [0.717, 1.165) is 28.7 Å². The Bertz CT molecular complexity index is 1090. The predicted octanol–water partition coefficient (Wildman–Crippen LogP) is 4.14. The minimum Gasteiger partial charge on any atom is -0.309 e. The first-order valence-corrected chi connectivity index (χ1v) is 12.8. The van der Waals surface area contributed by atoms with E-state index in [4.69, 9.17) is 0 Å². The van der Waals surface area contributed by atoms with Crippen molar-refractivity contribution in [3.63, 3.8) is 0 Å². The molecule has 1 heterocycles. The highest BCUT2D eigenvalue weighted by Crippen LogP contribution is 2.29. The van der Waals surface area contributed by atoms with Gasteiger partial charge in [0.15, 0.2) is 15.0 Å². The number of aromatic nitrogens is 1. The number of rotatable bonds is 10. The second kappa shape index (κ2) is 10.3. The lowest BCUT2D eigenvalue weighted by atomic mass is 10.2. The van der Waals surface area contributed by atoms with Crippen molar-refractivity contribution >= 4 is 42.4 Å². The van der Waals surface area contributed by atoms with Crippen molar-refractivity contribution in [2.75, 3.05) is 37.8 Å². The average Bonchev–Trinajstić information content (AvgIpc) is 3.15. The number of hydrogen-bond acceptors (Lipinski definition) is 6. The third-order valence-electron chi connectivity index (χ3n) is 4.99.